The third-order valence-electron chi connectivity index (χ3n) is 4.87. The van der Waals surface area contributed by atoms with Gasteiger partial charge in [-0.05, 0) is 42.3 Å². The molecule has 4 heterocycles. The van der Waals surface area contributed by atoms with Gasteiger partial charge in [0.25, 0.3) is 0 Å². The molecule has 1 saturated heterocycles. The predicted molar refractivity (Wildman–Crippen MR) is 93.9 cm³/mol. The van der Waals surface area contributed by atoms with Crippen molar-refractivity contribution in [3.8, 4) is 22.9 Å². The van der Waals surface area contributed by atoms with E-state index in [-0.39, 0.29) is 12.8 Å². The summed E-state index contributed by atoms with van der Waals surface area (Å²) in [6, 6.07) is 9.36. The van der Waals surface area contributed by atoms with Gasteiger partial charge in [0.1, 0.15) is 0 Å². The van der Waals surface area contributed by atoms with E-state index in [1.54, 1.807) is 12.4 Å². The maximum Gasteiger partial charge on any atom is 0.244 e. The number of hydrogen-bond acceptors (Lipinski definition) is 8. The third kappa shape index (κ3) is 3.13. The SMILES string of the molecule is O[C@@H]1C[C@@H](c2nc(-c3ccc4c(c3)OCO4)no2)N(Cc2ccncc2)C1. The van der Waals surface area contributed by atoms with E-state index in [1.165, 1.54) is 0 Å². The third-order valence-corrected chi connectivity index (χ3v) is 4.87. The minimum atomic E-state index is -0.419. The number of hydrogen-bond donors (Lipinski definition) is 1. The summed E-state index contributed by atoms with van der Waals surface area (Å²) in [4.78, 5) is 10.8. The lowest BCUT2D eigenvalue weighted by Gasteiger charge is -2.20. The van der Waals surface area contributed by atoms with Gasteiger partial charge in [0.15, 0.2) is 11.5 Å². The molecule has 1 fully saturated rings. The van der Waals surface area contributed by atoms with Crippen molar-refractivity contribution in [2.45, 2.75) is 25.1 Å². The van der Waals surface area contributed by atoms with Gasteiger partial charge in [-0.3, -0.25) is 9.88 Å². The lowest BCUT2D eigenvalue weighted by atomic mass is 10.1. The summed E-state index contributed by atoms with van der Waals surface area (Å²) >= 11 is 0. The highest BCUT2D eigenvalue weighted by Gasteiger charge is 2.36. The number of ether oxygens (including phenoxy) is 2. The van der Waals surface area contributed by atoms with Crippen LogP contribution in [0.2, 0.25) is 0 Å². The molecule has 5 rings (SSSR count). The molecule has 3 aromatic rings. The second kappa shape index (κ2) is 6.64. The molecule has 2 aliphatic rings. The van der Waals surface area contributed by atoms with Crippen molar-refractivity contribution < 1.29 is 19.1 Å². The maximum absolute atomic E-state index is 10.2. The zero-order valence-electron chi connectivity index (χ0n) is 14.5. The molecule has 0 bridgehead atoms. The Morgan fingerprint density at radius 3 is 2.85 bits per heavy atom. The van der Waals surface area contributed by atoms with E-state index in [9.17, 15) is 5.11 Å². The molecular weight excluding hydrogens is 348 g/mol. The number of likely N-dealkylation sites (tertiary alicyclic amines) is 1. The Kier molecular flexibility index (Phi) is 3.99. The zero-order chi connectivity index (χ0) is 18.2. The highest BCUT2D eigenvalue weighted by atomic mass is 16.7. The zero-order valence-corrected chi connectivity index (χ0v) is 14.5. The minimum Gasteiger partial charge on any atom is -0.454 e. The van der Waals surface area contributed by atoms with Crippen molar-refractivity contribution >= 4 is 0 Å². The van der Waals surface area contributed by atoms with Gasteiger partial charge in [-0.1, -0.05) is 5.16 Å². The van der Waals surface area contributed by atoms with Crippen molar-refractivity contribution in [1.82, 2.24) is 20.0 Å². The van der Waals surface area contributed by atoms with Crippen LogP contribution in [0.4, 0.5) is 0 Å². The molecule has 8 nitrogen and oxygen atoms in total. The first-order chi connectivity index (χ1) is 13.3. The van der Waals surface area contributed by atoms with Crippen LogP contribution >= 0.6 is 0 Å². The Hall–Kier alpha value is -2.97. The van der Waals surface area contributed by atoms with Crippen LogP contribution in [-0.4, -0.2) is 44.6 Å². The van der Waals surface area contributed by atoms with E-state index >= 15 is 0 Å². The molecule has 1 N–H and O–H groups in total. The van der Waals surface area contributed by atoms with E-state index < -0.39 is 6.10 Å². The standard InChI is InChI=1S/C19H18N4O4/c24-14-8-15(23(10-14)9-12-3-5-20-6-4-12)19-21-18(22-27-19)13-1-2-16-17(7-13)26-11-25-16/h1-7,14-15,24H,8-11H2/t14-,15+/m1/s1. The predicted octanol–water partition coefficient (Wildman–Crippen LogP) is 2.17. The van der Waals surface area contributed by atoms with Crippen LogP contribution in [0.15, 0.2) is 47.2 Å². The minimum absolute atomic E-state index is 0.122. The maximum atomic E-state index is 10.2. The van der Waals surface area contributed by atoms with Gasteiger partial charge >= 0.3 is 0 Å². The van der Waals surface area contributed by atoms with Gasteiger partial charge in [-0.15, -0.1) is 0 Å². The lowest BCUT2D eigenvalue weighted by molar-refractivity contribution is 0.169. The van der Waals surface area contributed by atoms with Crippen LogP contribution in [0, 0.1) is 0 Å². The number of aliphatic hydroxyl groups excluding tert-OH is 1. The topological polar surface area (TPSA) is 93.7 Å². The molecule has 8 heteroatoms. The van der Waals surface area contributed by atoms with E-state index in [2.05, 4.69) is 20.0 Å². The number of aromatic nitrogens is 3. The monoisotopic (exact) mass is 366 g/mol. The Labute approximate surface area is 155 Å². The second-order valence-electron chi connectivity index (χ2n) is 6.71. The fourth-order valence-corrected chi connectivity index (χ4v) is 3.56. The first kappa shape index (κ1) is 16.2. The molecular formula is C19H18N4O4. The fraction of sp³-hybridized carbons (Fsp3) is 0.316. The number of fused-ring (bicyclic) bond motifs is 1. The number of rotatable bonds is 4. The van der Waals surface area contributed by atoms with Crippen molar-refractivity contribution in [1.29, 1.82) is 0 Å². The van der Waals surface area contributed by atoms with Crippen LogP contribution < -0.4 is 9.47 Å². The summed E-state index contributed by atoms with van der Waals surface area (Å²) in [6.45, 7) is 1.47. The summed E-state index contributed by atoms with van der Waals surface area (Å²) in [5.74, 6) is 2.39. The van der Waals surface area contributed by atoms with E-state index in [1.807, 2.05) is 30.3 Å². The Morgan fingerprint density at radius 2 is 1.96 bits per heavy atom. The first-order valence-electron chi connectivity index (χ1n) is 8.81. The van der Waals surface area contributed by atoms with E-state index in [0.717, 1.165) is 11.1 Å². The molecule has 138 valence electrons. The van der Waals surface area contributed by atoms with E-state index in [0.29, 0.717) is 42.7 Å². The number of benzene rings is 1. The highest BCUT2D eigenvalue weighted by Crippen LogP contribution is 2.37. The van der Waals surface area contributed by atoms with Gasteiger partial charge in [-0.25, -0.2) is 0 Å². The van der Waals surface area contributed by atoms with Crippen LogP contribution in [0.25, 0.3) is 11.4 Å². The molecule has 0 radical (unpaired) electrons. The molecule has 0 unspecified atom stereocenters. The van der Waals surface area contributed by atoms with Crippen molar-refractivity contribution in [2.75, 3.05) is 13.3 Å². The Balaban J connectivity index is 1.39. The van der Waals surface area contributed by atoms with Gasteiger partial charge in [0.2, 0.25) is 18.5 Å². The van der Waals surface area contributed by atoms with Crippen molar-refractivity contribution in [3.05, 3.63) is 54.2 Å². The molecule has 2 aromatic heterocycles. The summed E-state index contributed by atoms with van der Waals surface area (Å²) in [6.07, 6.45) is 3.67. The van der Waals surface area contributed by atoms with Crippen molar-refractivity contribution in [2.24, 2.45) is 0 Å². The second-order valence-corrected chi connectivity index (χ2v) is 6.71. The van der Waals surface area contributed by atoms with Gasteiger partial charge < -0.3 is 19.1 Å². The summed E-state index contributed by atoms with van der Waals surface area (Å²) in [5, 5.41) is 14.3. The quantitative estimate of drug-likeness (QED) is 0.751. The van der Waals surface area contributed by atoms with Crippen molar-refractivity contribution in [3.63, 3.8) is 0 Å². The average Bonchev–Trinajstić information content (AvgIpc) is 3.41. The number of nitrogens with zero attached hydrogens (tertiary/aromatic N) is 4. The van der Waals surface area contributed by atoms with Gasteiger partial charge in [0, 0.05) is 31.0 Å². The Bertz CT molecular complexity index is 946. The molecule has 2 atom stereocenters. The molecule has 2 aliphatic heterocycles. The van der Waals surface area contributed by atoms with E-state index in [4.69, 9.17) is 14.0 Å². The van der Waals surface area contributed by atoms with Gasteiger partial charge in [0.05, 0.1) is 12.1 Å². The van der Waals surface area contributed by atoms with Crippen LogP contribution in [-0.2, 0) is 6.54 Å². The lowest BCUT2D eigenvalue weighted by Crippen LogP contribution is -2.24. The average molecular weight is 366 g/mol. The fourth-order valence-electron chi connectivity index (χ4n) is 3.56. The van der Waals surface area contributed by atoms with Crippen LogP contribution in [0.3, 0.4) is 0 Å². The number of pyridine rings is 1. The Morgan fingerprint density at radius 1 is 1.11 bits per heavy atom. The summed E-state index contributed by atoms with van der Waals surface area (Å²) < 4.78 is 16.3. The van der Waals surface area contributed by atoms with Crippen LogP contribution in [0.5, 0.6) is 11.5 Å². The summed E-state index contributed by atoms with van der Waals surface area (Å²) in [5.41, 5.74) is 1.92. The molecule has 27 heavy (non-hydrogen) atoms. The molecule has 0 spiro atoms. The smallest absolute Gasteiger partial charge is 0.244 e. The molecule has 0 amide bonds. The number of aliphatic hydroxyl groups is 1. The molecule has 1 aromatic carbocycles. The molecule has 0 aliphatic carbocycles. The normalized spacial score (nSPS) is 21.7. The largest absolute Gasteiger partial charge is 0.454 e. The summed E-state index contributed by atoms with van der Waals surface area (Å²) in [7, 11) is 0. The number of β-amino-alcohol motifs (C(OH)–C–C–N with tert-alkyl or cyclic N) is 1. The first-order valence-corrected chi connectivity index (χ1v) is 8.81. The highest BCUT2D eigenvalue weighted by molar-refractivity contribution is 5.61. The molecule has 0 saturated carbocycles. The van der Waals surface area contributed by atoms with Crippen LogP contribution in [0.1, 0.15) is 23.9 Å². The van der Waals surface area contributed by atoms with Gasteiger partial charge in [-0.2, -0.15) is 4.98 Å².